The van der Waals surface area contributed by atoms with Gasteiger partial charge in [0.1, 0.15) is 0 Å². The van der Waals surface area contributed by atoms with Crippen molar-refractivity contribution in [2.24, 2.45) is 5.92 Å². The number of hydrogen-bond acceptors (Lipinski definition) is 4. The molecule has 0 aromatic heterocycles. The maximum atomic E-state index is 5.72. The third-order valence-corrected chi connectivity index (χ3v) is 4.03. The first kappa shape index (κ1) is 17.9. The van der Waals surface area contributed by atoms with Gasteiger partial charge in [-0.2, -0.15) is 0 Å². The molecule has 0 aromatic rings. The van der Waals surface area contributed by atoms with E-state index in [-0.39, 0.29) is 0 Å². The van der Waals surface area contributed by atoms with Crippen molar-refractivity contribution in [3.05, 3.63) is 0 Å². The molecule has 0 radical (unpaired) electrons. The standard InChI is InChI=1S/C16H35N3O/c1-5-8-17-16-7-12-20-14-15(16)13-19(9-6-2)11-10-18(3)4/h15-17H,5-14H2,1-4H3. The van der Waals surface area contributed by atoms with Crippen LogP contribution in [-0.4, -0.2) is 75.9 Å². The maximum Gasteiger partial charge on any atom is 0.0521 e. The van der Waals surface area contributed by atoms with E-state index in [2.05, 4.69) is 43.1 Å². The van der Waals surface area contributed by atoms with Crippen molar-refractivity contribution in [1.29, 1.82) is 0 Å². The van der Waals surface area contributed by atoms with E-state index in [9.17, 15) is 0 Å². The second-order valence-electron chi connectivity index (χ2n) is 6.29. The molecule has 2 atom stereocenters. The van der Waals surface area contributed by atoms with Gasteiger partial charge in [0.15, 0.2) is 0 Å². The van der Waals surface area contributed by atoms with Gasteiger partial charge >= 0.3 is 0 Å². The van der Waals surface area contributed by atoms with Gasteiger partial charge in [-0.1, -0.05) is 13.8 Å². The molecule has 20 heavy (non-hydrogen) atoms. The summed E-state index contributed by atoms with van der Waals surface area (Å²) in [6, 6.07) is 0.641. The fourth-order valence-electron chi connectivity index (χ4n) is 2.86. The Kier molecular flexibility index (Phi) is 9.44. The van der Waals surface area contributed by atoms with Crippen LogP contribution in [0.1, 0.15) is 33.1 Å². The minimum atomic E-state index is 0.641. The van der Waals surface area contributed by atoms with Crippen LogP contribution in [-0.2, 0) is 4.74 Å². The second-order valence-corrected chi connectivity index (χ2v) is 6.29. The van der Waals surface area contributed by atoms with E-state index >= 15 is 0 Å². The van der Waals surface area contributed by atoms with Gasteiger partial charge in [-0.05, 0) is 46.4 Å². The molecule has 1 saturated heterocycles. The van der Waals surface area contributed by atoms with Crippen LogP contribution in [0, 0.1) is 5.92 Å². The van der Waals surface area contributed by atoms with E-state index in [1.54, 1.807) is 0 Å². The molecule has 4 nitrogen and oxygen atoms in total. The van der Waals surface area contributed by atoms with E-state index in [0.29, 0.717) is 12.0 Å². The zero-order valence-electron chi connectivity index (χ0n) is 14.0. The number of ether oxygens (including phenoxy) is 1. The lowest BCUT2D eigenvalue weighted by Crippen LogP contribution is -2.48. The van der Waals surface area contributed by atoms with Crippen LogP contribution in [0.5, 0.6) is 0 Å². The van der Waals surface area contributed by atoms with Crippen LogP contribution >= 0.6 is 0 Å². The molecule has 0 aliphatic carbocycles. The van der Waals surface area contributed by atoms with E-state index in [4.69, 9.17) is 4.74 Å². The van der Waals surface area contributed by atoms with Gasteiger partial charge in [-0.25, -0.2) is 0 Å². The minimum absolute atomic E-state index is 0.641. The van der Waals surface area contributed by atoms with Crippen molar-refractivity contribution in [3.8, 4) is 0 Å². The molecule has 0 spiro atoms. The van der Waals surface area contributed by atoms with Gasteiger partial charge in [0.05, 0.1) is 6.61 Å². The fraction of sp³-hybridized carbons (Fsp3) is 1.00. The first-order chi connectivity index (χ1) is 9.67. The monoisotopic (exact) mass is 285 g/mol. The quantitative estimate of drug-likeness (QED) is 0.661. The number of nitrogens with one attached hydrogen (secondary N) is 1. The molecule has 1 aliphatic heterocycles. The lowest BCUT2D eigenvalue weighted by atomic mass is 9.94. The molecule has 0 bridgehead atoms. The number of hydrogen-bond donors (Lipinski definition) is 1. The van der Waals surface area contributed by atoms with Crippen LogP contribution in [0.4, 0.5) is 0 Å². The summed E-state index contributed by atoms with van der Waals surface area (Å²) >= 11 is 0. The van der Waals surface area contributed by atoms with E-state index in [1.807, 2.05) is 0 Å². The first-order valence-corrected chi connectivity index (χ1v) is 8.35. The number of likely N-dealkylation sites (N-methyl/N-ethyl adjacent to an activating group) is 1. The van der Waals surface area contributed by atoms with Crippen LogP contribution in [0.2, 0.25) is 0 Å². The SMILES string of the molecule is CCCNC1CCOCC1CN(CCC)CCN(C)C. The molecule has 120 valence electrons. The Hall–Kier alpha value is -0.160. The Morgan fingerprint density at radius 3 is 2.55 bits per heavy atom. The molecular formula is C16H35N3O. The molecule has 1 N–H and O–H groups in total. The summed E-state index contributed by atoms with van der Waals surface area (Å²) in [5.74, 6) is 0.643. The topological polar surface area (TPSA) is 27.7 Å². The Morgan fingerprint density at radius 2 is 1.90 bits per heavy atom. The zero-order chi connectivity index (χ0) is 14.8. The van der Waals surface area contributed by atoms with Crippen LogP contribution in [0.3, 0.4) is 0 Å². The highest BCUT2D eigenvalue weighted by Crippen LogP contribution is 2.16. The number of rotatable bonds is 10. The lowest BCUT2D eigenvalue weighted by molar-refractivity contribution is 0.0159. The van der Waals surface area contributed by atoms with Crippen molar-refractivity contribution in [2.75, 3.05) is 60.0 Å². The first-order valence-electron chi connectivity index (χ1n) is 8.35. The van der Waals surface area contributed by atoms with Crippen molar-refractivity contribution in [3.63, 3.8) is 0 Å². The lowest BCUT2D eigenvalue weighted by Gasteiger charge is -2.36. The van der Waals surface area contributed by atoms with Gasteiger partial charge < -0.3 is 19.9 Å². The molecule has 0 saturated carbocycles. The van der Waals surface area contributed by atoms with Crippen molar-refractivity contribution in [2.45, 2.75) is 39.2 Å². The average molecular weight is 285 g/mol. The highest BCUT2D eigenvalue weighted by Gasteiger charge is 2.26. The summed E-state index contributed by atoms with van der Waals surface area (Å²) in [6.45, 7) is 12.2. The van der Waals surface area contributed by atoms with Gasteiger partial charge in [0.25, 0.3) is 0 Å². The molecule has 1 fully saturated rings. The predicted octanol–water partition coefficient (Wildman–Crippen LogP) is 1.66. The van der Waals surface area contributed by atoms with Gasteiger partial charge in [-0.3, -0.25) is 0 Å². The molecule has 0 amide bonds. The Labute approximate surface area is 125 Å². The largest absolute Gasteiger partial charge is 0.381 e. The molecule has 2 unspecified atom stereocenters. The van der Waals surface area contributed by atoms with Gasteiger partial charge in [-0.15, -0.1) is 0 Å². The fourth-order valence-corrected chi connectivity index (χ4v) is 2.86. The highest BCUT2D eigenvalue weighted by molar-refractivity contribution is 4.82. The Bertz CT molecular complexity index is 236. The zero-order valence-corrected chi connectivity index (χ0v) is 14.0. The van der Waals surface area contributed by atoms with Crippen molar-refractivity contribution in [1.82, 2.24) is 15.1 Å². The van der Waals surface area contributed by atoms with Crippen molar-refractivity contribution >= 4 is 0 Å². The van der Waals surface area contributed by atoms with Crippen LogP contribution in [0.15, 0.2) is 0 Å². The number of nitrogens with zero attached hydrogens (tertiary/aromatic N) is 2. The highest BCUT2D eigenvalue weighted by atomic mass is 16.5. The van der Waals surface area contributed by atoms with Crippen LogP contribution < -0.4 is 5.32 Å². The van der Waals surface area contributed by atoms with E-state index in [0.717, 1.165) is 39.3 Å². The normalized spacial score (nSPS) is 23.7. The van der Waals surface area contributed by atoms with E-state index in [1.165, 1.54) is 25.9 Å². The van der Waals surface area contributed by atoms with Crippen molar-refractivity contribution < 1.29 is 4.74 Å². The molecule has 1 rings (SSSR count). The smallest absolute Gasteiger partial charge is 0.0521 e. The minimum Gasteiger partial charge on any atom is -0.381 e. The molecule has 4 heteroatoms. The summed E-state index contributed by atoms with van der Waals surface area (Å²) in [7, 11) is 4.30. The Morgan fingerprint density at radius 1 is 1.10 bits per heavy atom. The third-order valence-electron chi connectivity index (χ3n) is 4.03. The summed E-state index contributed by atoms with van der Waals surface area (Å²) < 4.78 is 5.72. The summed E-state index contributed by atoms with van der Waals surface area (Å²) in [5.41, 5.74) is 0. The predicted molar refractivity (Wildman–Crippen MR) is 86.3 cm³/mol. The molecule has 1 heterocycles. The third kappa shape index (κ3) is 7.02. The summed E-state index contributed by atoms with van der Waals surface area (Å²) in [6.07, 6.45) is 3.61. The molecule has 0 aromatic carbocycles. The summed E-state index contributed by atoms with van der Waals surface area (Å²) in [5, 5.41) is 3.72. The summed E-state index contributed by atoms with van der Waals surface area (Å²) in [4.78, 5) is 4.88. The van der Waals surface area contributed by atoms with Gasteiger partial charge in [0.2, 0.25) is 0 Å². The molecule has 1 aliphatic rings. The van der Waals surface area contributed by atoms with Gasteiger partial charge in [0, 0.05) is 38.2 Å². The van der Waals surface area contributed by atoms with E-state index < -0.39 is 0 Å². The average Bonchev–Trinajstić information content (AvgIpc) is 2.44. The van der Waals surface area contributed by atoms with Crippen LogP contribution in [0.25, 0.3) is 0 Å². The Balaban J connectivity index is 2.45. The second kappa shape index (κ2) is 10.6. The molecular weight excluding hydrogens is 250 g/mol. The maximum absolute atomic E-state index is 5.72.